The third-order valence-corrected chi connectivity index (χ3v) is 14.7. The Morgan fingerprint density at radius 3 is 1.74 bits per heavy atom. The molecular weight excluding hydrogens is 883 g/mol. The lowest BCUT2D eigenvalue weighted by atomic mass is 10.0. The van der Waals surface area contributed by atoms with Crippen molar-refractivity contribution in [3.63, 3.8) is 0 Å². The van der Waals surface area contributed by atoms with Gasteiger partial charge in [-0.25, -0.2) is 15.0 Å². The second-order valence-electron chi connectivity index (χ2n) is 18.6. The molecule has 7 heteroatoms. The number of rotatable bonds is 5. The molecule has 334 valence electrons. The zero-order valence-electron chi connectivity index (χ0n) is 38.4. The monoisotopic (exact) mass is 919 g/mol. The lowest BCUT2D eigenvalue weighted by molar-refractivity contribution is 0.669. The molecule has 0 unspecified atom stereocenters. The molecule has 0 radical (unpaired) electrons. The number of aromatic nitrogens is 5. The molecule has 0 saturated heterocycles. The summed E-state index contributed by atoms with van der Waals surface area (Å²) in [6, 6.07) is 79.0. The molecule has 0 fully saturated rings. The largest absolute Gasteiger partial charge is 0.455 e. The Kier molecular flexibility index (Phi) is 8.04. The van der Waals surface area contributed by atoms with Gasteiger partial charge in [-0.05, 0) is 89.0 Å². The highest BCUT2D eigenvalue weighted by atomic mass is 16.3. The first-order valence-electron chi connectivity index (χ1n) is 24.3. The average molecular weight is 920 g/mol. The predicted molar refractivity (Wildman–Crippen MR) is 294 cm³/mol. The van der Waals surface area contributed by atoms with Gasteiger partial charge in [0.2, 0.25) is 0 Å². The van der Waals surface area contributed by atoms with Crippen molar-refractivity contribution in [2.75, 3.05) is 0 Å². The molecule has 0 N–H and O–H groups in total. The molecule has 72 heavy (non-hydrogen) atoms. The van der Waals surface area contributed by atoms with Crippen LogP contribution in [0.5, 0.6) is 0 Å². The number of nitrogens with zero attached hydrogens (tertiary/aromatic N) is 5. The number of para-hydroxylation sites is 6. The van der Waals surface area contributed by atoms with Crippen molar-refractivity contribution in [1.29, 1.82) is 0 Å². The van der Waals surface area contributed by atoms with Crippen LogP contribution >= 0.6 is 0 Å². The maximum atomic E-state index is 7.01. The van der Waals surface area contributed by atoms with E-state index in [1.54, 1.807) is 0 Å². The molecule has 5 heterocycles. The first-order chi connectivity index (χ1) is 35.7. The SMILES string of the molecule is c1ccc(-n2c3ccccc3c3cccc(-c4nc(-c5cccc6c5oc5ccccc56)nc(-c5c(-n6c7ccccc7c7cc8ccccc8cc76)ccc6oc7c8ccccc8ccc7c56)n4)c32)cc1. The highest BCUT2D eigenvalue weighted by molar-refractivity contribution is 6.22. The smallest absolute Gasteiger partial charge is 0.167 e. The van der Waals surface area contributed by atoms with Crippen LogP contribution in [-0.2, 0) is 0 Å². The fourth-order valence-electron chi connectivity index (χ4n) is 11.6. The van der Waals surface area contributed by atoms with E-state index in [9.17, 15) is 0 Å². The minimum atomic E-state index is 0.494. The van der Waals surface area contributed by atoms with Gasteiger partial charge in [0.1, 0.15) is 22.3 Å². The Bertz CT molecular complexity index is 4940. The number of benzene rings is 11. The van der Waals surface area contributed by atoms with Crippen LogP contribution in [0.25, 0.3) is 155 Å². The van der Waals surface area contributed by atoms with Gasteiger partial charge in [-0.2, -0.15) is 0 Å². The molecule has 0 bridgehead atoms. The highest BCUT2D eigenvalue weighted by Gasteiger charge is 2.27. The molecule has 5 aromatic heterocycles. The predicted octanol–water partition coefficient (Wildman–Crippen LogP) is 17.2. The van der Waals surface area contributed by atoms with Gasteiger partial charge in [-0.1, -0.05) is 152 Å². The van der Waals surface area contributed by atoms with E-state index in [0.29, 0.717) is 23.1 Å². The van der Waals surface area contributed by atoms with Gasteiger partial charge in [-0.3, -0.25) is 0 Å². The van der Waals surface area contributed by atoms with Crippen LogP contribution in [-0.4, -0.2) is 24.1 Å². The van der Waals surface area contributed by atoms with Crippen LogP contribution in [0.15, 0.2) is 233 Å². The summed E-state index contributed by atoms with van der Waals surface area (Å²) in [4.78, 5) is 16.9. The van der Waals surface area contributed by atoms with Gasteiger partial charge >= 0.3 is 0 Å². The molecule has 0 aliphatic rings. The third kappa shape index (κ3) is 5.53. The molecule has 16 rings (SSSR count). The fourth-order valence-corrected chi connectivity index (χ4v) is 11.6. The maximum absolute atomic E-state index is 7.01. The van der Waals surface area contributed by atoms with E-state index >= 15 is 0 Å². The van der Waals surface area contributed by atoms with Crippen molar-refractivity contribution in [2.45, 2.75) is 0 Å². The number of fused-ring (bicyclic) bond motifs is 15. The maximum Gasteiger partial charge on any atom is 0.167 e. The van der Waals surface area contributed by atoms with E-state index in [2.05, 4.69) is 215 Å². The van der Waals surface area contributed by atoms with Crippen molar-refractivity contribution in [2.24, 2.45) is 0 Å². The quantitative estimate of drug-likeness (QED) is 0.172. The van der Waals surface area contributed by atoms with Crippen molar-refractivity contribution < 1.29 is 8.83 Å². The van der Waals surface area contributed by atoms with E-state index < -0.39 is 0 Å². The van der Waals surface area contributed by atoms with Gasteiger partial charge in [0.15, 0.2) is 17.5 Å². The van der Waals surface area contributed by atoms with Gasteiger partial charge in [0, 0.05) is 59.7 Å². The lowest BCUT2D eigenvalue weighted by Crippen LogP contribution is -2.05. The Morgan fingerprint density at radius 2 is 0.917 bits per heavy atom. The summed E-state index contributed by atoms with van der Waals surface area (Å²) in [5.74, 6) is 1.53. The lowest BCUT2D eigenvalue weighted by Gasteiger charge is -2.16. The van der Waals surface area contributed by atoms with Crippen molar-refractivity contribution >= 4 is 109 Å². The summed E-state index contributed by atoms with van der Waals surface area (Å²) in [7, 11) is 0. The van der Waals surface area contributed by atoms with Crippen LogP contribution in [0.2, 0.25) is 0 Å². The molecule has 0 aliphatic carbocycles. The first-order valence-corrected chi connectivity index (χ1v) is 24.3. The Morgan fingerprint density at radius 1 is 0.319 bits per heavy atom. The van der Waals surface area contributed by atoms with Crippen LogP contribution in [0, 0.1) is 0 Å². The Labute approximate surface area is 410 Å². The van der Waals surface area contributed by atoms with E-state index in [4.69, 9.17) is 23.8 Å². The number of furan rings is 2. The van der Waals surface area contributed by atoms with Crippen LogP contribution in [0.1, 0.15) is 0 Å². The summed E-state index contributed by atoms with van der Waals surface area (Å²) in [5.41, 5.74) is 11.7. The molecule has 0 spiro atoms. The topological polar surface area (TPSA) is 74.8 Å². The van der Waals surface area contributed by atoms with Crippen molar-refractivity contribution in [3.8, 4) is 45.5 Å². The van der Waals surface area contributed by atoms with Crippen molar-refractivity contribution in [3.05, 3.63) is 224 Å². The van der Waals surface area contributed by atoms with Gasteiger partial charge in [-0.15, -0.1) is 0 Å². The van der Waals surface area contributed by atoms with E-state index in [-0.39, 0.29) is 0 Å². The van der Waals surface area contributed by atoms with Crippen molar-refractivity contribution in [1.82, 2.24) is 24.1 Å². The van der Waals surface area contributed by atoms with Crippen LogP contribution in [0.4, 0.5) is 0 Å². The minimum Gasteiger partial charge on any atom is -0.455 e. The minimum absolute atomic E-state index is 0.494. The van der Waals surface area contributed by atoms with Gasteiger partial charge < -0.3 is 18.0 Å². The molecule has 0 atom stereocenters. The standard InChI is InChI=1S/C65H37N5O2/c1-2-19-41(20-3-1)69-52-29-11-8-22-43(52)46-25-14-27-49(60(46)69)63-66-64(50-28-15-26-47-45-24-10-13-31-56(45)71-62(47)50)68-65(67-63)59-54(34-35-57-58(59)48-33-32-38-16-6-7-21-42(38)61(48)72-57)70-53-30-12-9-23-44(53)51-36-39-17-4-5-18-40(39)37-55(51)70/h1-37H. The highest BCUT2D eigenvalue weighted by Crippen LogP contribution is 2.46. The summed E-state index contributed by atoms with van der Waals surface area (Å²) < 4.78 is 18.5. The molecular formula is C65H37N5O2. The van der Waals surface area contributed by atoms with E-state index in [1.807, 2.05) is 18.2 Å². The second-order valence-corrected chi connectivity index (χ2v) is 18.6. The summed E-state index contributed by atoms with van der Waals surface area (Å²) >= 11 is 0. The normalized spacial score (nSPS) is 12.2. The van der Waals surface area contributed by atoms with E-state index in [1.165, 1.54) is 5.39 Å². The Balaban J connectivity index is 1.09. The van der Waals surface area contributed by atoms with Gasteiger partial charge in [0.05, 0.1) is 38.9 Å². The van der Waals surface area contributed by atoms with Gasteiger partial charge in [0.25, 0.3) is 0 Å². The summed E-state index contributed by atoms with van der Waals surface area (Å²) in [6.07, 6.45) is 0. The molecule has 7 nitrogen and oxygen atoms in total. The first kappa shape index (κ1) is 39.0. The molecule has 0 amide bonds. The second kappa shape index (κ2) is 14.8. The zero-order chi connectivity index (χ0) is 47.0. The van der Waals surface area contributed by atoms with Crippen LogP contribution in [0.3, 0.4) is 0 Å². The third-order valence-electron chi connectivity index (χ3n) is 14.7. The average Bonchev–Trinajstić information content (AvgIpc) is 4.20. The molecule has 0 aliphatic heterocycles. The molecule has 11 aromatic carbocycles. The number of hydrogen-bond acceptors (Lipinski definition) is 5. The molecule has 16 aromatic rings. The summed E-state index contributed by atoms with van der Waals surface area (Å²) in [6.45, 7) is 0. The van der Waals surface area contributed by atoms with E-state index in [0.717, 1.165) is 126 Å². The Hall–Kier alpha value is -9.85. The molecule has 0 saturated carbocycles. The number of hydrogen-bond donors (Lipinski definition) is 0. The fraction of sp³-hybridized carbons (Fsp3) is 0. The van der Waals surface area contributed by atoms with Crippen LogP contribution < -0.4 is 0 Å². The zero-order valence-corrected chi connectivity index (χ0v) is 38.4. The summed E-state index contributed by atoms with van der Waals surface area (Å²) in [5, 5.41) is 13.0.